The molecule has 0 radical (unpaired) electrons. The predicted octanol–water partition coefficient (Wildman–Crippen LogP) is 14.2. The van der Waals surface area contributed by atoms with Gasteiger partial charge < -0.3 is 19.5 Å². The number of nitrogens with zero attached hydrogens (tertiary/aromatic N) is 2. The predicted molar refractivity (Wildman–Crippen MR) is 237 cm³/mol. The van der Waals surface area contributed by atoms with Crippen molar-refractivity contribution in [3.05, 3.63) is 218 Å². The lowest BCUT2D eigenvalue weighted by Gasteiger charge is -2.28. The molecule has 1 aliphatic rings. The Balaban J connectivity index is 1.09. The number of hydrogen-bond acceptors (Lipinski definition) is 3. The van der Waals surface area contributed by atoms with Crippen LogP contribution in [0.2, 0.25) is 0 Å². The molecule has 1 aliphatic heterocycles. The number of fused-ring (bicyclic) bond motifs is 6. The molecule has 0 aliphatic carbocycles. The third-order valence-electron chi connectivity index (χ3n) is 11.2. The summed E-state index contributed by atoms with van der Waals surface area (Å²) in [5.74, 6) is 0.890. The molecular formula is C53H37N3O. The van der Waals surface area contributed by atoms with Crippen molar-refractivity contribution in [3.63, 3.8) is 0 Å². The average molecular weight is 732 g/mol. The van der Waals surface area contributed by atoms with Gasteiger partial charge in [-0.15, -0.1) is 0 Å². The van der Waals surface area contributed by atoms with Crippen LogP contribution in [0.15, 0.2) is 212 Å². The van der Waals surface area contributed by atoms with Crippen LogP contribution in [0.1, 0.15) is 11.8 Å². The molecule has 1 unspecified atom stereocenters. The minimum atomic E-state index is -0.267. The molecule has 10 aromatic rings. The summed E-state index contributed by atoms with van der Waals surface area (Å²) >= 11 is 0. The number of para-hydroxylation sites is 3. The first-order valence-electron chi connectivity index (χ1n) is 19.5. The van der Waals surface area contributed by atoms with Crippen molar-refractivity contribution in [1.29, 1.82) is 0 Å². The maximum Gasteiger partial charge on any atom is 0.196 e. The molecule has 1 aromatic heterocycles. The van der Waals surface area contributed by atoms with Crippen molar-refractivity contribution in [3.8, 4) is 33.7 Å². The van der Waals surface area contributed by atoms with Crippen LogP contribution in [0.5, 0.6) is 5.75 Å². The Morgan fingerprint density at radius 2 is 1.07 bits per heavy atom. The molecule has 4 nitrogen and oxygen atoms in total. The van der Waals surface area contributed by atoms with E-state index < -0.39 is 0 Å². The fourth-order valence-corrected chi connectivity index (χ4v) is 8.57. The third kappa shape index (κ3) is 5.61. The summed E-state index contributed by atoms with van der Waals surface area (Å²) < 4.78 is 9.06. The van der Waals surface area contributed by atoms with Crippen molar-refractivity contribution in [2.45, 2.75) is 6.23 Å². The first-order valence-corrected chi connectivity index (χ1v) is 19.5. The summed E-state index contributed by atoms with van der Waals surface area (Å²) in [6.45, 7) is 0. The van der Waals surface area contributed by atoms with Crippen molar-refractivity contribution < 1.29 is 4.74 Å². The fraction of sp³-hybridized carbons (Fsp3) is 0.0189. The minimum Gasteiger partial charge on any atom is -0.464 e. The Kier molecular flexibility index (Phi) is 7.85. The van der Waals surface area contributed by atoms with Crippen LogP contribution in [-0.4, -0.2) is 4.57 Å². The third-order valence-corrected chi connectivity index (χ3v) is 11.2. The van der Waals surface area contributed by atoms with Gasteiger partial charge in [0.1, 0.15) is 0 Å². The topological polar surface area (TPSA) is 29.4 Å². The number of anilines is 4. The maximum atomic E-state index is 6.68. The van der Waals surface area contributed by atoms with Gasteiger partial charge in [-0.05, 0) is 71.1 Å². The lowest BCUT2D eigenvalue weighted by molar-refractivity contribution is 0.262. The molecule has 0 fully saturated rings. The van der Waals surface area contributed by atoms with Crippen molar-refractivity contribution in [1.82, 2.24) is 4.57 Å². The highest BCUT2D eigenvalue weighted by Gasteiger charge is 2.29. The molecule has 2 heterocycles. The Bertz CT molecular complexity index is 3060. The van der Waals surface area contributed by atoms with Gasteiger partial charge in [-0.3, -0.25) is 0 Å². The van der Waals surface area contributed by atoms with Gasteiger partial charge in [0.2, 0.25) is 0 Å². The second-order valence-electron chi connectivity index (χ2n) is 14.6. The molecule has 0 saturated carbocycles. The van der Waals surface area contributed by atoms with E-state index in [4.69, 9.17) is 4.74 Å². The minimum absolute atomic E-state index is 0.267. The van der Waals surface area contributed by atoms with Crippen LogP contribution in [0, 0.1) is 0 Å². The molecule has 0 amide bonds. The van der Waals surface area contributed by atoms with Gasteiger partial charge >= 0.3 is 0 Å². The molecular weight excluding hydrogens is 695 g/mol. The molecule has 1 atom stereocenters. The zero-order valence-electron chi connectivity index (χ0n) is 31.1. The van der Waals surface area contributed by atoms with Crippen molar-refractivity contribution >= 4 is 55.3 Å². The van der Waals surface area contributed by atoms with Crippen molar-refractivity contribution in [2.75, 3.05) is 10.2 Å². The van der Waals surface area contributed by atoms with Gasteiger partial charge in [0.05, 0.1) is 22.4 Å². The Morgan fingerprint density at radius 3 is 1.88 bits per heavy atom. The van der Waals surface area contributed by atoms with Crippen LogP contribution < -0.4 is 15.0 Å². The molecule has 0 spiro atoms. The molecule has 11 rings (SSSR count). The first kappa shape index (κ1) is 32.8. The molecule has 4 heteroatoms. The number of nitrogens with one attached hydrogen (secondary N) is 1. The zero-order valence-corrected chi connectivity index (χ0v) is 31.1. The maximum absolute atomic E-state index is 6.68. The Hall–Kier alpha value is -7.56. The van der Waals surface area contributed by atoms with E-state index in [9.17, 15) is 0 Å². The molecule has 0 saturated heterocycles. The van der Waals surface area contributed by atoms with Crippen molar-refractivity contribution in [2.24, 2.45) is 0 Å². The molecule has 9 aromatic carbocycles. The lowest BCUT2D eigenvalue weighted by Crippen LogP contribution is -2.11. The number of benzene rings is 9. The Labute approximate surface area is 331 Å². The van der Waals surface area contributed by atoms with E-state index in [1.807, 2.05) is 6.07 Å². The van der Waals surface area contributed by atoms with E-state index in [0.717, 1.165) is 72.7 Å². The second-order valence-corrected chi connectivity index (χ2v) is 14.6. The van der Waals surface area contributed by atoms with Crippen LogP contribution in [0.25, 0.3) is 60.5 Å². The largest absolute Gasteiger partial charge is 0.464 e. The summed E-state index contributed by atoms with van der Waals surface area (Å²) in [5.41, 5.74) is 13.4. The van der Waals surface area contributed by atoms with Gasteiger partial charge in [0.15, 0.2) is 12.0 Å². The summed E-state index contributed by atoms with van der Waals surface area (Å²) in [6, 6.07) is 75.8. The van der Waals surface area contributed by atoms with Gasteiger partial charge in [-0.25, -0.2) is 0 Å². The van der Waals surface area contributed by atoms with Crippen LogP contribution in [0.3, 0.4) is 0 Å². The number of rotatable bonds is 7. The SMILES string of the molecule is c1ccc(-c2ccccc2N(c2ccc(-c3cc4ccccc4c4c3NC(c3ccccc3)O4)cc2)c2ccc3c4ccccc4n(-c4ccccc4)c3c2)cc1. The van der Waals surface area contributed by atoms with Crippen LogP contribution in [-0.2, 0) is 0 Å². The molecule has 0 bridgehead atoms. The number of hydrogen-bond donors (Lipinski definition) is 1. The highest BCUT2D eigenvalue weighted by molar-refractivity contribution is 6.10. The number of aromatic nitrogens is 1. The quantitative estimate of drug-likeness (QED) is 0.177. The molecule has 1 N–H and O–H groups in total. The van der Waals surface area contributed by atoms with Gasteiger partial charge in [-0.2, -0.15) is 0 Å². The second kappa shape index (κ2) is 13.6. The summed E-state index contributed by atoms with van der Waals surface area (Å²) in [7, 11) is 0. The van der Waals surface area contributed by atoms with E-state index in [2.05, 4.69) is 221 Å². The Morgan fingerprint density at radius 1 is 0.456 bits per heavy atom. The van der Waals surface area contributed by atoms with E-state index >= 15 is 0 Å². The standard InChI is InChI=1S/C53H37N3O/c1-4-16-36(17-5-1)43-23-12-14-26-48(43)55(42-32-33-46-45-25-13-15-27-49(45)56(50(46)35-42)40-21-8-3-9-22-40)41-30-28-37(29-31-41)47-34-39-20-10-11-24-44(39)52-51(47)54-53(57-52)38-18-6-2-7-19-38/h1-35,53-54H. The van der Waals surface area contributed by atoms with Gasteiger partial charge in [0, 0.05) is 49.9 Å². The first-order chi connectivity index (χ1) is 28.3. The van der Waals surface area contributed by atoms with Gasteiger partial charge in [-0.1, -0.05) is 158 Å². The zero-order chi connectivity index (χ0) is 37.7. The monoisotopic (exact) mass is 731 g/mol. The van der Waals surface area contributed by atoms with E-state index in [0.29, 0.717) is 0 Å². The fourth-order valence-electron chi connectivity index (χ4n) is 8.57. The van der Waals surface area contributed by atoms with Gasteiger partial charge in [0.25, 0.3) is 0 Å². The van der Waals surface area contributed by atoms with E-state index in [1.54, 1.807) is 0 Å². The molecule has 57 heavy (non-hydrogen) atoms. The lowest BCUT2D eigenvalue weighted by atomic mass is 9.97. The summed E-state index contributed by atoms with van der Waals surface area (Å²) in [6.07, 6.45) is -0.267. The van der Waals surface area contributed by atoms with Crippen LogP contribution in [0.4, 0.5) is 22.7 Å². The highest BCUT2D eigenvalue weighted by atomic mass is 16.5. The van der Waals surface area contributed by atoms with Crippen LogP contribution >= 0.6 is 0 Å². The summed E-state index contributed by atoms with van der Waals surface area (Å²) in [4.78, 5) is 2.40. The highest BCUT2D eigenvalue weighted by Crippen LogP contribution is 2.50. The summed E-state index contributed by atoms with van der Waals surface area (Å²) in [5, 5.41) is 8.44. The average Bonchev–Trinajstić information content (AvgIpc) is 3.88. The van der Waals surface area contributed by atoms with E-state index in [-0.39, 0.29) is 6.23 Å². The smallest absolute Gasteiger partial charge is 0.196 e. The number of ether oxygens (including phenoxy) is 1. The molecule has 270 valence electrons. The van der Waals surface area contributed by atoms with E-state index in [1.165, 1.54) is 21.9 Å². The normalized spacial score (nSPS) is 13.4.